The molecule has 0 aliphatic carbocycles. The van der Waals surface area contributed by atoms with Gasteiger partial charge in [-0.3, -0.25) is 9.89 Å². The van der Waals surface area contributed by atoms with Gasteiger partial charge < -0.3 is 15.4 Å². The van der Waals surface area contributed by atoms with Crippen molar-refractivity contribution >= 4 is 34.1 Å². The van der Waals surface area contributed by atoms with Crippen LogP contribution in [0.3, 0.4) is 0 Å². The largest absolute Gasteiger partial charge is 0.494 e. The standard InChI is InChI=1S/C14H14N6O2/c1-8(21)18-13-5-14(16-7-15-13)19-11-3-9-6-17-20-10(9)4-12(11)22-2/h3-7H,1-2H3,(H,17,20)(H2,15,16,18,19,21). The van der Waals surface area contributed by atoms with Crippen LogP contribution in [0.15, 0.2) is 30.7 Å². The number of nitrogens with zero attached hydrogens (tertiary/aromatic N) is 3. The summed E-state index contributed by atoms with van der Waals surface area (Å²) in [4.78, 5) is 19.2. The highest BCUT2D eigenvalue weighted by atomic mass is 16.5. The maximum atomic E-state index is 11.1. The van der Waals surface area contributed by atoms with Crippen molar-refractivity contribution in [1.82, 2.24) is 20.2 Å². The third kappa shape index (κ3) is 2.80. The number of methoxy groups -OCH3 is 1. The van der Waals surface area contributed by atoms with E-state index in [-0.39, 0.29) is 5.91 Å². The average Bonchev–Trinajstić information content (AvgIpc) is 2.93. The summed E-state index contributed by atoms with van der Waals surface area (Å²) in [6, 6.07) is 5.39. The Morgan fingerprint density at radius 3 is 2.82 bits per heavy atom. The van der Waals surface area contributed by atoms with Crippen LogP contribution in [0.2, 0.25) is 0 Å². The number of amides is 1. The van der Waals surface area contributed by atoms with Gasteiger partial charge >= 0.3 is 0 Å². The molecule has 0 fully saturated rings. The van der Waals surface area contributed by atoms with E-state index in [4.69, 9.17) is 4.74 Å². The van der Waals surface area contributed by atoms with Crippen molar-refractivity contribution in [3.8, 4) is 5.75 Å². The maximum Gasteiger partial charge on any atom is 0.222 e. The highest BCUT2D eigenvalue weighted by Gasteiger charge is 2.09. The van der Waals surface area contributed by atoms with Gasteiger partial charge in [0.15, 0.2) is 0 Å². The lowest BCUT2D eigenvalue weighted by Crippen LogP contribution is -2.08. The van der Waals surface area contributed by atoms with Crippen LogP contribution in [0.1, 0.15) is 6.92 Å². The minimum absolute atomic E-state index is 0.193. The van der Waals surface area contributed by atoms with Gasteiger partial charge in [0.1, 0.15) is 23.7 Å². The third-order valence-electron chi connectivity index (χ3n) is 2.99. The zero-order valence-electron chi connectivity index (χ0n) is 12.0. The second kappa shape index (κ2) is 5.68. The predicted octanol–water partition coefficient (Wildman–Crippen LogP) is 2.06. The molecule has 3 aromatic rings. The van der Waals surface area contributed by atoms with E-state index in [0.29, 0.717) is 17.4 Å². The van der Waals surface area contributed by atoms with Gasteiger partial charge in [0, 0.05) is 24.4 Å². The quantitative estimate of drug-likeness (QED) is 0.681. The van der Waals surface area contributed by atoms with Gasteiger partial charge in [-0.15, -0.1) is 0 Å². The fourth-order valence-corrected chi connectivity index (χ4v) is 2.05. The number of carbonyl (C=O) groups is 1. The van der Waals surface area contributed by atoms with Gasteiger partial charge in [-0.05, 0) is 6.07 Å². The molecule has 0 aliphatic heterocycles. The monoisotopic (exact) mass is 298 g/mol. The summed E-state index contributed by atoms with van der Waals surface area (Å²) >= 11 is 0. The van der Waals surface area contributed by atoms with Crippen molar-refractivity contribution in [2.75, 3.05) is 17.7 Å². The van der Waals surface area contributed by atoms with Crippen LogP contribution >= 0.6 is 0 Å². The van der Waals surface area contributed by atoms with E-state index in [9.17, 15) is 4.79 Å². The Morgan fingerprint density at radius 1 is 1.23 bits per heavy atom. The van der Waals surface area contributed by atoms with E-state index >= 15 is 0 Å². The maximum absolute atomic E-state index is 11.1. The first kappa shape index (κ1) is 13.8. The number of H-pyrrole nitrogens is 1. The Labute approximate surface area is 125 Å². The molecule has 8 heteroatoms. The van der Waals surface area contributed by atoms with E-state index in [0.717, 1.165) is 16.6 Å². The molecular formula is C14H14N6O2. The first-order valence-electron chi connectivity index (χ1n) is 6.53. The van der Waals surface area contributed by atoms with Crippen LogP contribution in [-0.4, -0.2) is 33.2 Å². The molecule has 22 heavy (non-hydrogen) atoms. The Hall–Kier alpha value is -3.16. The molecule has 2 aromatic heterocycles. The van der Waals surface area contributed by atoms with Crippen LogP contribution in [0, 0.1) is 0 Å². The Morgan fingerprint density at radius 2 is 2.05 bits per heavy atom. The lowest BCUT2D eigenvalue weighted by molar-refractivity contribution is -0.114. The van der Waals surface area contributed by atoms with Gasteiger partial charge in [0.05, 0.1) is 24.5 Å². The number of carbonyl (C=O) groups excluding carboxylic acids is 1. The summed E-state index contributed by atoms with van der Waals surface area (Å²) in [6.45, 7) is 1.42. The van der Waals surface area contributed by atoms with Gasteiger partial charge in [-0.2, -0.15) is 5.10 Å². The fourth-order valence-electron chi connectivity index (χ4n) is 2.05. The van der Waals surface area contributed by atoms with Gasteiger partial charge in [0.2, 0.25) is 5.91 Å². The number of rotatable bonds is 4. The number of hydrogen-bond acceptors (Lipinski definition) is 6. The second-order valence-corrected chi connectivity index (χ2v) is 4.60. The van der Waals surface area contributed by atoms with Gasteiger partial charge in [-0.25, -0.2) is 9.97 Å². The number of anilines is 3. The Bertz CT molecular complexity index is 829. The van der Waals surface area contributed by atoms with Crippen LogP contribution in [-0.2, 0) is 4.79 Å². The van der Waals surface area contributed by atoms with Gasteiger partial charge in [-0.1, -0.05) is 0 Å². The molecule has 8 nitrogen and oxygen atoms in total. The number of benzene rings is 1. The Kier molecular flexibility index (Phi) is 3.57. The van der Waals surface area contributed by atoms with E-state index in [2.05, 4.69) is 30.8 Å². The molecule has 0 bridgehead atoms. The molecule has 0 radical (unpaired) electrons. The van der Waals surface area contributed by atoms with Crippen LogP contribution < -0.4 is 15.4 Å². The number of aromatic nitrogens is 4. The number of ether oxygens (including phenoxy) is 1. The molecule has 0 unspecified atom stereocenters. The molecule has 0 saturated carbocycles. The summed E-state index contributed by atoms with van der Waals surface area (Å²) in [7, 11) is 1.59. The highest BCUT2D eigenvalue weighted by Crippen LogP contribution is 2.31. The van der Waals surface area contributed by atoms with E-state index in [1.807, 2.05) is 12.1 Å². The third-order valence-corrected chi connectivity index (χ3v) is 2.99. The number of fused-ring (bicyclic) bond motifs is 1. The molecule has 1 aromatic carbocycles. The molecule has 1 amide bonds. The zero-order valence-corrected chi connectivity index (χ0v) is 12.0. The van der Waals surface area contributed by atoms with E-state index in [1.54, 1.807) is 19.4 Å². The van der Waals surface area contributed by atoms with Crippen molar-refractivity contribution in [1.29, 1.82) is 0 Å². The lowest BCUT2D eigenvalue weighted by atomic mass is 10.2. The first-order valence-corrected chi connectivity index (χ1v) is 6.53. The summed E-state index contributed by atoms with van der Waals surface area (Å²) in [5.41, 5.74) is 1.62. The minimum Gasteiger partial charge on any atom is -0.494 e. The lowest BCUT2D eigenvalue weighted by Gasteiger charge is -2.11. The van der Waals surface area contributed by atoms with Crippen molar-refractivity contribution in [3.05, 3.63) is 30.7 Å². The van der Waals surface area contributed by atoms with Crippen molar-refractivity contribution in [3.63, 3.8) is 0 Å². The SMILES string of the molecule is COc1cc2[nH]ncc2cc1Nc1cc(NC(C)=O)ncn1. The van der Waals surface area contributed by atoms with Crippen LogP contribution in [0.25, 0.3) is 10.9 Å². The van der Waals surface area contributed by atoms with Crippen molar-refractivity contribution in [2.24, 2.45) is 0 Å². The molecule has 0 spiro atoms. The summed E-state index contributed by atoms with van der Waals surface area (Å²) in [6.07, 6.45) is 3.10. The summed E-state index contributed by atoms with van der Waals surface area (Å²) < 4.78 is 5.37. The molecule has 0 aliphatic rings. The van der Waals surface area contributed by atoms with E-state index < -0.39 is 0 Å². The number of nitrogens with one attached hydrogen (secondary N) is 3. The second-order valence-electron chi connectivity index (χ2n) is 4.60. The topological polar surface area (TPSA) is 105 Å². The molecule has 0 saturated heterocycles. The number of aromatic amines is 1. The summed E-state index contributed by atoms with van der Waals surface area (Å²) in [5, 5.41) is 13.6. The molecule has 0 atom stereocenters. The molecule has 3 N–H and O–H groups in total. The van der Waals surface area contributed by atoms with Crippen LogP contribution in [0.5, 0.6) is 5.75 Å². The molecular weight excluding hydrogens is 284 g/mol. The molecule has 2 heterocycles. The summed E-state index contributed by atoms with van der Waals surface area (Å²) in [5.74, 6) is 1.42. The zero-order chi connectivity index (χ0) is 15.5. The fraction of sp³-hybridized carbons (Fsp3) is 0.143. The first-order chi connectivity index (χ1) is 10.7. The Balaban J connectivity index is 1.93. The smallest absolute Gasteiger partial charge is 0.222 e. The van der Waals surface area contributed by atoms with Crippen molar-refractivity contribution < 1.29 is 9.53 Å². The van der Waals surface area contributed by atoms with Gasteiger partial charge in [0.25, 0.3) is 0 Å². The highest BCUT2D eigenvalue weighted by molar-refractivity contribution is 5.89. The average molecular weight is 298 g/mol. The van der Waals surface area contributed by atoms with Crippen molar-refractivity contribution in [2.45, 2.75) is 6.92 Å². The molecule has 3 rings (SSSR count). The normalized spacial score (nSPS) is 10.5. The molecule has 112 valence electrons. The number of hydrogen-bond donors (Lipinski definition) is 3. The predicted molar refractivity (Wildman–Crippen MR) is 82.3 cm³/mol. The minimum atomic E-state index is -0.193. The van der Waals surface area contributed by atoms with E-state index in [1.165, 1.54) is 13.3 Å². The van der Waals surface area contributed by atoms with Crippen LogP contribution in [0.4, 0.5) is 17.3 Å².